The fraction of sp³-hybridized carbons (Fsp3) is 0.480. The van der Waals surface area contributed by atoms with E-state index >= 15 is 0 Å². The van der Waals surface area contributed by atoms with Crippen LogP contribution in [0.25, 0.3) is 0 Å². The van der Waals surface area contributed by atoms with Crippen molar-refractivity contribution in [2.75, 3.05) is 25.6 Å². The van der Waals surface area contributed by atoms with Crippen molar-refractivity contribution < 1.29 is 23.8 Å². The van der Waals surface area contributed by atoms with E-state index in [9.17, 15) is 9.59 Å². The van der Waals surface area contributed by atoms with E-state index in [0.717, 1.165) is 48.6 Å². The molecule has 1 aliphatic heterocycles. The average molecular weight is 456 g/mol. The molecule has 1 aliphatic rings. The van der Waals surface area contributed by atoms with Gasteiger partial charge in [0.25, 0.3) is 0 Å². The fourth-order valence-electron chi connectivity index (χ4n) is 3.54. The maximum absolute atomic E-state index is 12.1. The number of esters is 1. The van der Waals surface area contributed by atoms with E-state index in [1.54, 1.807) is 20.8 Å². The number of methoxy groups -OCH3 is 1. The lowest BCUT2D eigenvalue weighted by atomic mass is 10.0. The van der Waals surface area contributed by atoms with E-state index in [4.69, 9.17) is 14.2 Å². The largest absolute Gasteiger partial charge is 0.488 e. The van der Waals surface area contributed by atoms with Crippen molar-refractivity contribution in [3.8, 4) is 5.75 Å². The zero-order chi connectivity index (χ0) is 23.8. The number of rotatable bonds is 8. The predicted octanol–water partition coefficient (Wildman–Crippen LogP) is 3.67. The monoisotopic (exact) mass is 455 g/mol. The molecule has 1 aromatic heterocycles. The van der Waals surface area contributed by atoms with Crippen LogP contribution in [0, 0.1) is 0 Å². The molecule has 2 heterocycles. The molecular formula is C25H33N3O5. The summed E-state index contributed by atoms with van der Waals surface area (Å²) in [4.78, 5) is 28.9. The maximum Gasteiger partial charge on any atom is 0.408 e. The Morgan fingerprint density at radius 2 is 1.85 bits per heavy atom. The number of amides is 1. The van der Waals surface area contributed by atoms with Crippen molar-refractivity contribution in [2.45, 2.75) is 58.1 Å². The second-order valence-corrected chi connectivity index (χ2v) is 9.02. The minimum Gasteiger partial charge on any atom is -0.488 e. The number of fused-ring (bicyclic) bond motifs is 1. The number of carbonyl (C=O) groups is 2. The number of nitrogens with zero attached hydrogens (tertiary/aromatic N) is 1. The Labute approximate surface area is 195 Å². The van der Waals surface area contributed by atoms with Gasteiger partial charge in [-0.2, -0.15) is 0 Å². The van der Waals surface area contributed by atoms with Gasteiger partial charge < -0.3 is 24.8 Å². The Morgan fingerprint density at radius 3 is 2.55 bits per heavy atom. The third kappa shape index (κ3) is 7.66. The smallest absolute Gasteiger partial charge is 0.408 e. The SMILES string of the molecule is COC(=O)C(Cc1ccc(CCCc2ccc3c(n2)NCCO3)cc1)NC(=O)OC(C)(C)C. The maximum atomic E-state index is 12.1. The van der Waals surface area contributed by atoms with E-state index in [-0.39, 0.29) is 0 Å². The predicted molar refractivity (Wildman–Crippen MR) is 126 cm³/mol. The molecule has 3 rings (SSSR count). The standard InChI is InChI=1S/C25H33N3O5/c1-25(2,3)33-24(30)28-20(23(29)31-4)16-18-10-8-17(9-11-18)6-5-7-19-12-13-21-22(27-19)26-14-15-32-21/h8-13,20H,5-7,14-16H2,1-4H3,(H,26,27)(H,28,30). The molecule has 2 N–H and O–H groups in total. The zero-order valence-electron chi connectivity index (χ0n) is 19.8. The molecule has 0 fully saturated rings. The molecule has 0 bridgehead atoms. The van der Waals surface area contributed by atoms with Gasteiger partial charge in [-0.05, 0) is 63.3 Å². The van der Waals surface area contributed by atoms with Crippen LogP contribution in [0.5, 0.6) is 5.75 Å². The highest BCUT2D eigenvalue weighted by molar-refractivity contribution is 5.81. The van der Waals surface area contributed by atoms with E-state index in [1.807, 2.05) is 36.4 Å². The summed E-state index contributed by atoms with van der Waals surface area (Å²) in [6, 6.07) is 11.2. The molecule has 0 aliphatic carbocycles. The summed E-state index contributed by atoms with van der Waals surface area (Å²) in [5.41, 5.74) is 2.52. The number of benzene rings is 1. The number of nitrogens with one attached hydrogen (secondary N) is 2. The number of pyridine rings is 1. The fourth-order valence-corrected chi connectivity index (χ4v) is 3.54. The number of aryl methyl sites for hydroxylation is 2. The lowest BCUT2D eigenvalue weighted by Gasteiger charge is -2.22. The molecule has 33 heavy (non-hydrogen) atoms. The quantitative estimate of drug-likeness (QED) is 0.586. The summed E-state index contributed by atoms with van der Waals surface area (Å²) >= 11 is 0. The van der Waals surface area contributed by atoms with E-state index in [2.05, 4.69) is 15.6 Å². The zero-order valence-corrected chi connectivity index (χ0v) is 19.8. The number of alkyl carbamates (subject to hydrolysis) is 1. The van der Waals surface area contributed by atoms with Crippen LogP contribution in [-0.4, -0.2) is 49.0 Å². The van der Waals surface area contributed by atoms with Crippen LogP contribution in [-0.2, 0) is 33.5 Å². The van der Waals surface area contributed by atoms with Crippen molar-refractivity contribution in [1.29, 1.82) is 0 Å². The van der Waals surface area contributed by atoms with E-state index in [1.165, 1.54) is 12.7 Å². The first-order valence-corrected chi connectivity index (χ1v) is 11.3. The number of carbonyl (C=O) groups excluding carboxylic acids is 2. The number of aromatic nitrogens is 1. The lowest BCUT2D eigenvalue weighted by molar-refractivity contribution is -0.143. The summed E-state index contributed by atoms with van der Waals surface area (Å²) in [5, 5.41) is 5.87. The summed E-state index contributed by atoms with van der Waals surface area (Å²) in [6.07, 6.45) is 2.43. The van der Waals surface area contributed by atoms with Gasteiger partial charge >= 0.3 is 12.1 Å². The molecule has 1 unspecified atom stereocenters. The molecule has 1 atom stereocenters. The minimum absolute atomic E-state index is 0.320. The van der Waals surface area contributed by atoms with Gasteiger partial charge in [0.1, 0.15) is 18.2 Å². The van der Waals surface area contributed by atoms with Gasteiger partial charge in [0.15, 0.2) is 11.6 Å². The second-order valence-electron chi connectivity index (χ2n) is 9.02. The van der Waals surface area contributed by atoms with Gasteiger partial charge in [-0.25, -0.2) is 14.6 Å². The Morgan fingerprint density at radius 1 is 1.12 bits per heavy atom. The first-order valence-electron chi connectivity index (χ1n) is 11.3. The molecule has 0 spiro atoms. The average Bonchev–Trinajstić information content (AvgIpc) is 2.78. The highest BCUT2D eigenvalue weighted by Crippen LogP contribution is 2.25. The van der Waals surface area contributed by atoms with E-state index in [0.29, 0.717) is 13.0 Å². The topological polar surface area (TPSA) is 98.8 Å². The molecule has 8 nitrogen and oxygen atoms in total. The molecule has 8 heteroatoms. The van der Waals surface area contributed by atoms with Gasteiger partial charge in [-0.1, -0.05) is 24.3 Å². The number of ether oxygens (including phenoxy) is 3. The van der Waals surface area contributed by atoms with Crippen molar-refractivity contribution in [3.05, 3.63) is 53.2 Å². The highest BCUT2D eigenvalue weighted by Gasteiger charge is 2.25. The molecule has 0 saturated heterocycles. The summed E-state index contributed by atoms with van der Waals surface area (Å²) in [5.74, 6) is 1.12. The summed E-state index contributed by atoms with van der Waals surface area (Å²) in [7, 11) is 1.30. The molecule has 1 amide bonds. The summed E-state index contributed by atoms with van der Waals surface area (Å²) < 4.78 is 15.7. The van der Waals surface area contributed by atoms with Crippen molar-refractivity contribution >= 4 is 17.9 Å². The van der Waals surface area contributed by atoms with Gasteiger partial charge in [0.2, 0.25) is 0 Å². The van der Waals surface area contributed by atoms with Crippen molar-refractivity contribution in [1.82, 2.24) is 10.3 Å². The molecule has 0 saturated carbocycles. The third-order valence-corrected chi connectivity index (χ3v) is 5.11. The van der Waals surface area contributed by atoms with E-state index < -0.39 is 23.7 Å². The lowest BCUT2D eigenvalue weighted by Crippen LogP contribution is -2.45. The van der Waals surface area contributed by atoms with Crippen LogP contribution in [0.1, 0.15) is 44.0 Å². The Hall–Kier alpha value is -3.29. The Bertz CT molecular complexity index is 954. The van der Waals surface area contributed by atoms with Gasteiger partial charge in [0, 0.05) is 12.1 Å². The Balaban J connectivity index is 1.51. The third-order valence-electron chi connectivity index (χ3n) is 5.11. The van der Waals surface area contributed by atoms with Crippen LogP contribution in [0.4, 0.5) is 10.6 Å². The van der Waals surface area contributed by atoms with Gasteiger partial charge in [-0.3, -0.25) is 0 Å². The van der Waals surface area contributed by atoms with Crippen molar-refractivity contribution in [2.24, 2.45) is 0 Å². The molecule has 0 radical (unpaired) electrons. The van der Waals surface area contributed by atoms with Crippen molar-refractivity contribution in [3.63, 3.8) is 0 Å². The molecule has 1 aromatic carbocycles. The molecule has 2 aromatic rings. The number of hydrogen-bond donors (Lipinski definition) is 2. The van der Waals surface area contributed by atoms with Crippen LogP contribution >= 0.6 is 0 Å². The normalized spacial score (nSPS) is 13.7. The Kier molecular flexibility index (Phi) is 8.14. The second kappa shape index (κ2) is 11.0. The summed E-state index contributed by atoms with van der Waals surface area (Å²) in [6.45, 7) is 6.75. The van der Waals surface area contributed by atoms with Gasteiger partial charge in [0.05, 0.1) is 13.7 Å². The van der Waals surface area contributed by atoms with Gasteiger partial charge in [-0.15, -0.1) is 0 Å². The van der Waals surface area contributed by atoms with Crippen LogP contribution in [0.2, 0.25) is 0 Å². The minimum atomic E-state index is -0.816. The number of hydrogen-bond acceptors (Lipinski definition) is 7. The molecular weight excluding hydrogens is 422 g/mol. The first-order chi connectivity index (χ1) is 15.7. The first kappa shape index (κ1) is 24.4. The van der Waals surface area contributed by atoms with Crippen LogP contribution < -0.4 is 15.4 Å². The van der Waals surface area contributed by atoms with Crippen LogP contribution in [0.3, 0.4) is 0 Å². The van der Waals surface area contributed by atoms with Crippen LogP contribution in [0.15, 0.2) is 36.4 Å². The molecule has 178 valence electrons. The number of anilines is 1. The highest BCUT2D eigenvalue weighted by atomic mass is 16.6.